The molecule has 0 fully saturated rings. The van der Waals surface area contributed by atoms with Gasteiger partial charge in [0.05, 0.1) is 17.1 Å². The summed E-state index contributed by atoms with van der Waals surface area (Å²) in [6.45, 7) is 1.43. The van der Waals surface area contributed by atoms with E-state index in [0.717, 1.165) is 5.52 Å². The maximum Gasteiger partial charge on any atom is 0.277 e. The van der Waals surface area contributed by atoms with Crippen LogP contribution in [0.5, 0.6) is 0 Å². The van der Waals surface area contributed by atoms with Crippen molar-refractivity contribution >= 4 is 32.7 Å². The Morgan fingerprint density at radius 1 is 1.32 bits per heavy atom. The van der Waals surface area contributed by atoms with Crippen molar-refractivity contribution in [1.29, 1.82) is 5.26 Å². The number of benzene rings is 1. The number of nitrogens with zero attached hydrogens (tertiary/aromatic N) is 4. The molecule has 0 aliphatic carbocycles. The Kier molecular flexibility index (Phi) is 4.08. The summed E-state index contributed by atoms with van der Waals surface area (Å²) in [6.07, 6.45) is 1.83. The average molecular weight is 339 g/mol. The molecule has 0 bridgehead atoms. The second-order valence-corrected chi connectivity index (χ2v) is 7.47. The van der Waals surface area contributed by atoms with Gasteiger partial charge in [-0.15, -0.1) is 0 Å². The largest absolute Gasteiger partial charge is 0.312 e. The van der Waals surface area contributed by atoms with Crippen LogP contribution < -0.4 is 0 Å². The van der Waals surface area contributed by atoms with Crippen molar-refractivity contribution in [3.05, 3.63) is 23.2 Å². The van der Waals surface area contributed by atoms with Gasteiger partial charge in [-0.05, 0) is 31.0 Å². The lowest BCUT2D eigenvalue weighted by Gasteiger charge is -2.27. The minimum absolute atomic E-state index is 0.0799. The molecule has 2 aromatic rings. The molecule has 0 spiro atoms. The zero-order valence-corrected chi connectivity index (χ0v) is 13.4. The second-order valence-electron chi connectivity index (χ2n) is 5.20. The molecule has 0 N–H and O–H groups in total. The average Bonchev–Trinajstić information content (AvgIpc) is 2.84. The Morgan fingerprint density at radius 2 is 2.14 bits per heavy atom. The highest BCUT2D eigenvalue weighted by Crippen LogP contribution is 2.28. The van der Waals surface area contributed by atoms with Crippen LogP contribution in [-0.2, 0) is 16.6 Å². The van der Waals surface area contributed by atoms with Crippen LogP contribution in [0.25, 0.3) is 11.0 Å². The maximum atomic E-state index is 12.7. The predicted molar refractivity (Wildman–Crippen MR) is 83.0 cm³/mol. The molecule has 1 aromatic heterocycles. The summed E-state index contributed by atoms with van der Waals surface area (Å²) in [4.78, 5) is 4.26. The molecule has 0 unspecified atom stereocenters. The minimum atomic E-state index is -3.59. The molecule has 1 aliphatic rings. The molecule has 2 heterocycles. The molecule has 1 aliphatic heterocycles. The van der Waals surface area contributed by atoms with Gasteiger partial charge in [0.25, 0.3) is 10.0 Å². The van der Waals surface area contributed by atoms with E-state index in [0.29, 0.717) is 49.4 Å². The van der Waals surface area contributed by atoms with Gasteiger partial charge in [-0.3, -0.25) is 0 Å². The van der Waals surface area contributed by atoms with Crippen LogP contribution >= 0.6 is 11.6 Å². The number of sulfonamides is 1. The molecule has 116 valence electrons. The summed E-state index contributed by atoms with van der Waals surface area (Å²) >= 11 is 5.94. The Morgan fingerprint density at radius 3 is 2.91 bits per heavy atom. The summed E-state index contributed by atoms with van der Waals surface area (Å²) in [5, 5.41) is 9.15. The van der Waals surface area contributed by atoms with E-state index in [1.807, 2.05) is 0 Å². The van der Waals surface area contributed by atoms with E-state index in [4.69, 9.17) is 16.9 Å². The number of rotatable bonds is 4. The van der Waals surface area contributed by atoms with Crippen LogP contribution in [-0.4, -0.2) is 35.4 Å². The standard InChI is InChI=1S/C14H15ClN4O2S/c15-11-4-5-13-12(10-11)17-14-19(13)9-8-18(22(14,20)21)7-3-1-2-6-16/h4-5,10H,1-3,7-9H2. The van der Waals surface area contributed by atoms with Crippen LogP contribution in [0.2, 0.25) is 5.02 Å². The number of imidazole rings is 1. The number of hydrogen-bond donors (Lipinski definition) is 0. The van der Waals surface area contributed by atoms with Crippen LogP contribution in [0.3, 0.4) is 0 Å². The first kappa shape index (κ1) is 15.3. The zero-order valence-electron chi connectivity index (χ0n) is 11.9. The van der Waals surface area contributed by atoms with Gasteiger partial charge in [0.15, 0.2) is 0 Å². The number of aromatic nitrogens is 2. The van der Waals surface area contributed by atoms with Gasteiger partial charge in [0, 0.05) is 31.1 Å². The second kappa shape index (κ2) is 5.88. The molecule has 8 heteroatoms. The fourth-order valence-corrected chi connectivity index (χ4v) is 4.44. The van der Waals surface area contributed by atoms with Crippen molar-refractivity contribution in [2.24, 2.45) is 0 Å². The van der Waals surface area contributed by atoms with E-state index in [1.165, 1.54) is 4.31 Å². The maximum absolute atomic E-state index is 12.7. The van der Waals surface area contributed by atoms with Gasteiger partial charge in [0.1, 0.15) is 0 Å². The first-order chi connectivity index (χ1) is 10.5. The number of halogens is 1. The molecule has 0 atom stereocenters. The van der Waals surface area contributed by atoms with Gasteiger partial charge >= 0.3 is 0 Å². The lowest BCUT2D eigenvalue weighted by Crippen LogP contribution is -2.40. The smallest absolute Gasteiger partial charge is 0.277 e. The molecule has 6 nitrogen and oxygen atoms in total. The highest BCUT2D eigenvalue weighted by molar-refractivity contribution is 7.89. The quantitative estimate of drug-likeness (QED) is 0.802. The number of nitriles is 1. The van der Waals surface area contributed by atoms with Crippen LogP contribution in [0.1, 0.15) is 19.3 Å². The molecule has 22 heavy (non-hydrogen) atoms. The van der Waals surface area contributed by atoms with Crippen LogP contribution in [0.4, 0.5) is 0 Å². The molecular weight excluding hydrogens is 324 g/mol. The molecule has 0 saturated carbocycles. The lowest BCUT2D eigenvalue weighted by molar-refractivity contribution is 0.350. The van der Waals surface area contributed by atoms with E-state index in [1.54, 1.807) is 22.8 Å². The third kappa shape index (κ3) is 2.58. The Hall–Kier alpha value is -1.62. The van der Waals surface area contributed by atoms with Gasteiger partial charge in [-0.2, -0.15) is 9.57 Å². The van der Waals surface area contributed by atoms with Crippen molar-refractivity contribution in [3.63, 3.8) is 0 Å². The SMILES string of the molecule is N#CCCCCN1CCn2c(nc3cc(Cl)ccc32)S1(=O)=O. The Balaban J connectivity index is 1.92. The predicted octanol–water partition coefficient (Wildman–Crippen LogP) is 2.39. The van der Waals surface area contributed by atoms with Crippen LogP contribution in [0, 0.1) is 11.3 Å². The summed E-state index contributed by atoms with van der Waals surface area (Å²) < 4.78 is 28.5. The summed E-state index contributed by atoms with van der Waals surface area (Å²) in [7, 11) is -3.59. The molecule has 1 aromatic carbocycles. The Bertz CT molecular complexity index is 854. The van der Waals surface area contributed by atoms with Gasteiger partial charge < -0.3 is 4.57 Å². The zero-order chi connectivity index (χ0) is 15.7. The normalized spacial score (nSPS) is 17.3. The highest BCUT2D eigenvalue weighted by Gasteiger charge is 2.34. The first-order valence-electron chi connectivity index (χ1n) is 7.07. The molecule has 0 amide bonds. The third-order valence-electron chi connectivity index (χ3n) is 3.76. The van der Waals surface area contributed by atoms with Crippen molar-refractivity contribution in [1.82, 2.24) is 13.9 Å². The fraction of sp³-hybridized carbons (Fsp3) is 0.429. The van der Waals surface area contributed by atoms with Gasteiger partial charge in [-0.25, -0.2) is 13.4 Å². The van der Waals surface area contributed by atoms with E-state index >= 15 is 0 Å². The van der Waals surface area contributed by atoms with Crippen molar-refractivity contribution in [2.45, 2.75) is 31.0 Å². The summed E-state index contributed by atoms with van der Waals surface area (Å²) in [5.74, 6) is 0. The number of hydrogen-bond acceptors (Lipinski definition) is 4. The van der Waals surface area contributed by atoms with Crippen molar-refractivity contribution in [3.8, 4) is 6.07 Å². The topological polar surface area (TPSA) is 79.0 Å². The van der Waals surface area contributed by atoms with E-state index in [-0.39, 0.29) is 5.16 Å². The monoisotopic (exact) mass is 338 g/mol. The first-order valence-corrected chi connectivity index (χ1v) is 8.89. The fourth-order valence-electron chi connectivity index (χ4n) is 2.67. The lowest BCUT2D eigenvalue weighted by atomic mass is 10.2. The van der Waals surface area contributed by atoms with Gasteiger partial charge in [-0.1, -0.05) is 11.6 Å². The van der Waals surface area contributed by atoms with Gasteiger partial charge in [0.2, 0.25) is 5.16 Å². The van der Waals surface area contributed by atoms with Crippen LogP contribution in [0.15, 0.2) is 23.4 Å². The van der Waals surface area contributed by atoms with Crippen molar-refractivity contribution < 1.29 is 8.42 Å². The molecule has 0 saturated heterocycles. The third-order valence-corrected chi connectivity index (χ3v) is 5.82. The Labute approximate surface area is 134 Å². The molecule has 0 radical (unpaired) electrons. The van der Waals surface area contributed by atoms with E-state index in [2.05, 4.69) is 11.1 Å². The molecule has 3 rings (SSSR count). The highest BCUT2D eigenvalue weighted by atomic mass is 35.5. The van der Waals surface area contributed by atoms with E-state index in [9.17, 15) is 8.42 Å². The number of fused-ring (bicyclic) bond motifs is 3. The van der Waals surface area contributed by atoms with E-state index < -0.39 is 10.0 Å². The van der Waals surface area contributed by atoms with Crippen molar-refractivity contribution in [2.75, 3.05) is 13.1 Å². The number of unbranched alkanes of at least 4 members (excludes halogenated alkanes) is 2. The summed E-state index contributed by atoms with van der Waals surface area (Å²) in [5.41, 5.74) is 1.38. The minimum Gasteiger partial charge on any atom is -0.312 e. The summed E-state index contributed by atoms with van der Waals surface area (Å²) in [6, 6.07) is 7.28. The molecular formula is C14H15ClN4O2S.